The van der Waals surface area contributed by atoms with E-state index in [1.54, 1.807) is 6.20 Å². The van der Waals surface area contributed by atoms with Gasteiger partial charge in [-0.25, -0.2) is 0 Å². The smallest absolute Gasteiger partial charge is 0.123 e. The fraction of sp³-hybridized carbons (Fsp3) is 0.400. The van der Waals surface area contributed by atoms with Crippen LogP contribution in [0.1, 0.15) is 43.2 Å². The van der Waals surface area contributed by atoms with Gasteiger partial charge in [-0.1, -0.05) is 18.2 Å². The number of hydrogen-bond donors (Lipinski definition) is 1. The van der Waals surface area contributed by atoms with Crippen LogP contribution in [0.4, 0.5) is 0 Å². The molecule has 106 valence electrons. The van der Waals surface area contributed by atoms with Crippen molar-refractivity contribution in [1.29, 1.82) is 0 Å². The molecule has 0 aliphatic carbocycles. The van der Waals surface area contributed by atoms with Gasteiger partial charge in [-0.05, 0) is 35.8 Å². The van der Waals surface area contributed by atoms with E-state index in [2.05, 4.69) is 34.9 Å². The average Bonchev–Trinajstić information content (AvgIpc) is 3.01. The molecule has 0 saturated carbocycles. The molecule has 0 fully saturated rings. The zero-order chi connectivity index (χ0) is 14.3. The number of nitrogens with zero attached hydrogens (tertiary/aromatic N) is 2. The van der Waals surface area contributed by atoms with Gasteiger partial charge >= 0.3 is 0 Å². The summed E-state index contributed by atoms with van der Waals surface area (Å²) in [5, 5.41) is 15.1. The first-order valence-electron chi connectivity index (χ1n) is 6.72. The maximum atomic E-state index is 10.8. The van der Waals surface area contributed by atoms with Crippen LogP contribution in [0.25, 0.3) is 0 Å². The molecular weight excluding hydrogens is 320 g/mol. The van der Waals surface area contributed by atoms with Crippen LogP contribution in [0, 0.1) is 0 Å². The van der Waals surface area contributed by atoms with Gasteiger partial charge in [-0.3, -0.25) is 4.68 Å². The highest BCUT2D eigenvalue weighted by atomic mass is 79.9. The molecule has 5 heteroatoms. The third kappa shape index (κ3) is 2.15. The number of aromatic nitrogens is 2. The summed E-state index contributed by atoms with van der Waals surface area (Å²) in [6.07, 6.45) is 1.10. The second-order valence-electron chi connectivity index (χ2n) is 5.32. The standard InChI is InChI=1S/C15H17BrN2O2/c1-9(2)18-14(12(16)7-17-18)15(19)11-8-20-13-6-4-3-5-10(11)13/h3-7,9,11,15,19H,8H2,1-2H3. The Morgan fingerprint density at radius 2 is 2.15 bits per heavy atom. The Balaban J connectivity index is 1.99. The van der Waals surface area contributed by atoms with Crippen molar-refractivity contribution in [2.75, 3.05) is 6.61 Å². The molecule has 2 heterocycles. The second-order valence-corrected chi connectivity index (χ2v) is 6.17. The van der Waals surface area contributed by atoms with Crippen molar-refractivity contribution in [3.8, 4) is 5.75 Å². The molecule has 0 saturated heterocycles. The molecule has 0 radical (unpaired) electrons. The maximum Gasteiger partial charge on any atom is 0.123 e. The lowest BCUT2D eigenvalue weighted by Gasteiger charge is -2.21. The zero-order valence-corrected chi connectivity index (χ0v) is 13.0. The summed E-state index contributed by atoms with van der Waals surface area (Å²) in [4.78, 5) is 0. The molecule has 1 aliphatic heterocycles. The molecule has 3 rings (SSSR count). The Bertz CT molecular complexity index is 624. The van der Waals surface area contributed by atoms with E-state index in [0.29, 0.717) is 6.61 Å². The van der Waals surface area contributed by atoms with Crippen LogP contribution in [0.15, 0.2) is 34.9 Å². The van der Waals surface area contributed by atoms with Gasteiger partial charge in [0.05, 0.1) is 28.9 Å². The summed E-state index contributed by atoms with van der Waals surface area (Å²) in [6, 6.07) is 8.07. The summed E-state index contributed by atoms with van der Waals surface area (Å²) in [5.74, 6) is 0.806. The number of rotatable bonds is 3. The molecule has 1 aromatic carbocycles. The molecule has 1 aliphatic rings. The molecule has 2 aromatic rings. The molecule has 1 N–H and O–H groups in total. The van der Waals surface area contributed by atoms with E-state index < -0.39 is 6.10 Å². The van der Waals surface area contributed by atoms with Gasteiger partial charge in [0.15, 0.2) is 0 Å². The van der Waals surface area contributed by atoms with Crippen LogP contribution >= 0.6 is 15.9 Å². The highest BCUT2D eigenvalue weighted by Crippen LogP contribution is 2.42. The summed E-state index contributed by atoms with van der Waals surface area (Å²) in [7, 11) is 0. The van der Waals surface area contributed by atoms with Crippen LogP contribution in [-0.2, 0) is 0 Å². The fourth-order valence-corrected chi connectivity index (χ4v) is 3.19. The van der Waals surface area contributed by atoms with E-state index in [4.69, 9.17) is 4.74 Å². The number of halogens is 1. The third-order valence-electron chi connectivity index (χ3n) is 3.67. The Morgan fingerprint density at radius 1 is 1.40 bits per heavy atom. The van der Waals surface area contributed by atoms with Crippen LogP contribution in [0.3, 0.4) is 0 Å². The van der Waals surface area contributed by atoms with Crippen molar-refractivity contribution < 1.29 is 9.84 Å². The topological polar surface area (TPSA) is 47.3 Å². The van der Waals surface area contributed by atoms with Gasteiger partial charge < -0.3 is 9.84 Å². The minimum atomic E-state index is -0.641. The monoisotopic (exact) mass is 336 g/mol. The van der Waals surface area contributed by atoms with Gasteiger partial charge in [0.25, 0.3) is 0 Å². The van der Waals surface area contributed by atoms with E-state index in [-0.39, 0.29) is 12.0 Å². The largest absolute Gasteiger partial charge is 0.493 e. The number of benzene rings is 1. The predicted octanol–water partition coefficient (Wildman–Crippen LogP) is 3.44. The number of ether oxygens (including phenoxy) is 1. The van der Waals surface area contributed by atoms with Crippen molar-refractivity contribution in [3.05, 3.63) is 46.2 Å². The molecule has 0 amide bonds. The number of para-hydroxylation sites is 1. The Hall–Kier alpha value is -1.33. The van der Waals surface area contributed by atoms with Crippen LogP contribution < -0.4 is 4.74 Å². The van der Waals surface area contributed by atoms with E-state index >= 15 is 0 Å². The van der Waals surface area contributed by atoms with Crippen molar-refractivity contribution >= 4 is 15.9 Å². The van der Waals surface area contributed by atoms with Crippen LogP contribution in [-0.4, -0.2) is 21.5 Å². The Morgan fingerprint density at radius 3 is 2.90 bits per heavy atom. The first-order valence-corrected chi connectivity index (χ1v) is 7.51. The van der Waals surface area contributed by atoms with E-state index in [1.165, 1.54) is 0 Å². The second kappa shape index (κ2) is 5.22. The molecule has 2 atom stereocenters. The SMILES string of the molecule is CC(C)n1ncc(Br)c1C(O)C1COc2ccccc21. The number of hydrogen-bond acceptors (Lipinski definition) is 3. The van der Waals surface area contributed by atoms with Crippen molar-refractivity contribution in [2.24, 2.45) is 0 Å². The maximum absolute atomic E-state index is 10.8. The first kappa shape index (κ1) is 13.6. The van der Waals surface area contributed by atoms with Gasteiger partial charge in [0.2, 0.25) is 0 Å². The molecule has 2 unspecified atom stereocenters. The van der Waals surface area contributed by atoms with Gasteiger partial charge in [0, 0.05) is 11.6 Å². The fourth-order valence-electron chi connectivity index (χ4n) is 2.68. The summed E-state index contributed by atoms with van der Waals surface area (Å²) in [5.41, 5.74) is 1.87. The quantitative estimate of drug-likeness (QED) is 0.933. The number of fused-ring (bicyclic) bond motifs is 1. The van der Waals surface area contributed by atoms with E-state index in [1.807, 2.05) is 28.9 Å². The lowest BCUT2D eigenvalue weighted by molar-refractivity contribution is 0.119. The molecule has 1 aromatic heterocycles. The molecule has 20 heavy (non-hydrogen) atoms. The number of aliphatic hydroxyl groups excluding tert-OH is 1. The third-order valence-corrected chi connectivity index (χ3v) is 4.29. The molecule has 0 bridgehead atoms. The van der Waals surface area contributed by atoms with E-state index in [0.717, 1.165) is 21.5 Å². The highest BCUT2D eigenvalue weighted by molar-refractivity contribution is 9.10. The minimum absolute atomic E-state index is 0.0586. The molecule has 0 spiro atoms. The van der Waals surface area contributed by atoms with Gasteiger partial charge in [0.1, 0.15) is 11.9 Å². The van der Waals surface area contributed by atoms with Crippen molar-refractivity contribution in [3.63, 3.8) is 0 Å². The Kier molecular flexibility index (Phi) is 3.56. The Labute approximate surface area is 126 Å². The summed E-state index contributed by atoms with van der Waals surface area (Å²) in [6.45, 7) is 4.60. The normalized spacial score (nSPS) is 18.9. The molecule has 4 nitrogen and oxygen atoms in total. The minimum Gasteiger partial charge on any atom is -0.493 e. The zero-order valence-electron chi connectivity index (χ0n) is 11.5. The molecular formula is C15H17BrN2O2. The lowest BCUT2D eigenvalue weighted by atomic mass is 9.93. The van der Waals surface area contributed by atoms with Crippen LogP contribution in [0.5, 0.6) is 5.75 Å². The summed E-state index contributed by atoms with van der Waals surface area (Å²) >= 11 is 3.49. The average molecular weight is 337 g/mol. The predicted molar refractivity (Wildman–Crippen MR) is 79.9 cm³/mol. The van der Waals surface area contributed by atoms with Gasteiger partial charge in [-0.15, -0.1) is 0 Å². The highest BCUT2D eigenvalue weighted by Gasteiger charge is 2.34. The lowest BCUT2D eigenvalue weighted by Crippen LogP contribution is -2.18. The van der Waals surface area contributed by atoms with Crippen molar-refractivity contribution in [1.82, 2.24) is 9.78 Å². The van der Waals surface area contributed by atoms with E-state index in [9.17, 15) is 5.11 Å². The van der Waals surface area contributed by atoms with Crippen molar-refractivity contribution in [2.45, 2.75) is 31.9 Å². The first-order chi connectivity index (χ1) is 9.59. The van der Waals surface area contributed by atoms with Gasteiger partial charge in [-0.2, -0.15) is 5.10 Å². The number of aliphatic hydroxyl groups is 1. The summed E-state index contributed by atoms with van der Waals surface area (Å²) < 4.78 is 8.36. The van der Waals surface area contributed by atoms with Crippen LogP contribution in [0.2, 0.25) is 0 Å².